The SMILES string of the molecule is CCCCOc1ccc([C@@H]2C(C(=O)c3ccco3)=C(O)C(=O)N2CCN2CCOCC2)cc1OC. The number of aliphatic hydroxyl groups is 1. The predicted molar refractivity (Wildman–Crippen MR) is 128 cm³/mol. The molecule has 1 atom stereocenters. The molecule has 1 fully saturated rings. The number of benzene rings is 1. The fourth-order valence-electron chi connectivity index (χ4n) is 4.38. The van der Waals surface area contributed by atoms with Crippen LogP contribution in [-0.4, -0.2) is 79.7 Å². The second kappa shape index (κ2) is 11.4. The lowest BCUT2D eigenvalue weighted by atomic mass is 9.94. The lowest BCUT2D eigenvalue weighted by Crippen LogP contribution is -2.43. The zero-order valence-electron chi connectivity index (χ0n) is 20.2. The van der Waals surface area contributed by atoms with Gasteiger partial charge in [0.2, 0.25) is 5.78 Å². The molecule has 188 valence electrons. The summed E-state index contributed by atoms with van der Waals surface area (Å²) in [5.74, 6) is -0.523. The van der Waals surface area contributed by atoms with Gasteiger partial charge < -0.3 is 28.6 Å². The van der Waals surface area contributed by atoms with Crippen LogP contribution in [0.15, 0.2) is 52.3 Å². The van der Waals surface area contributed by atoms with E-state index in [0.717, 1.165) is 25.9 Å². The van der Waals surface area contributed by atoms with E-state index in [0.29, 0.717) is 50.0 Å². The molecule has 1 aromatic carbocycles. The van der Waals surface area contributed by atoms with Gasteiger partial charge in [-0.15, -0.1) is 0 Å². The summed E-state index contributed by atoms with van der Waals surface area (Å²) < 4.78 is 22.1. The smallest absolute Gasteiger partial charge is 0.290 e. The van der Waals surface area contributed by atoms with Crippen LogP contribution in [0.1, 0.15) is 41.9 Å². The monoisotopic (exact) mass is 484 g/mol. The van der Waals surface area contributed by atoms with E-state index >= 15 is 0 Å². The van der Waals surface area contributed by atoms with Crippen molar-refractivity contribution in [2.45, 2.75) is 25.8 Å². The maximum absolute atomic E-state index is 13.3. The summed E-state index contributed by atoms with van der Waals surface area (Å²) in [6.45, 7) is 6.38. The molecule has 2 aromatic rings. The van der Waals surface area contributed by atoms with E-state index in [2.05, 4.69) is 11.8 Å². The Morgan fingerprint density at radius 1 is 1.17 bits per heavy atom. The van der Waals surface area contributed by atoms with Crippen LogP contribution in [0, 0.1) is 0 Å². The first kappa shape index (κ1) is 24.8. The van der Waals surface area contributed by atoms with Crippen LogP contribution in [0.2, 0.25) is 0 Å². The minimum Gasteiger partial charge on any atom is -0.503 e. The van der Waals surface area contributed by atoms with Crippen LogP contribution in [0.3, 0.4) is 0 Å². The molecule has 0 unspecified atom stereocenters. The van der Waals surface area contributed by atoms with Gasteiger partial charge in [0.05, 0.1) is 44.8 Å². The Kier molecular flexibility index (Phi) is 8.09. The molecule has 1 N–H and O–H groups in total. The Bertz CT molecular complexity index is 1060. The second-order valence-corrected chi connectivity index (χ2v) is 8.54. The Labute approximate surface area is 204 Å². The van der Waals surface area contributed by atoms with Crippen LogP contribution in [0.25, 0.3) is 0 Å². The van der Waals surface area contributed by atoms with Gasteiger partial charge in [-0.1, -0.05) is 19.4 Å². The summed E-state index contributed by atoms with van der Waals surface area (Å²) in [4.78, 5) is 30.2. The molecule has 2 aliphatic rings. The number of hydrogen-bond donors (Lipinski definition) is 1. The Morgan fingerprint density at radius 2 is 1.97 bits per heavy atom. The lowest BCUT2D eigenvalue weighted by molar-refractivity contribution is -0.129. The van der Waals surface area contributed by atoms with Gasteiger partial charge in [0.1, 0.15) is 0 Å². The molecule has 0 saturated carbocycles. The van der Waals surface area contributed by atoms with E-state index < -0.39 is 23.5 Å². The van der Waals surface area contributed by atoms with Crippen molar-refractivity contribution in [3.8, 4) is 11.5 Å². The van der Waals surface area contributed by atoms with Gasteiger partial charge in [-0.3, -0.25) is 14.5 Å². The number of furan rings is 1. The van der Waals surface area contributed by atoms with Crippen molar-refractivity contribution >= 4 is 11.7 Å². The van der Waals surface area contributed by atoms with Gasteiger partial charge in [-0.05, 0) is 36.2 Å². The molecule has 2 aliphatic heterocycles. The fraction of sp³-hybridized carbons (Fsp3) is 0.462. The lowest BCUT2D eigenvalue weighted by Gasteiger charge is -2.31. The first-order chi connectivity index (χ1) is 17.0. The number of carbonyl (C=O) groups is 2. The van der Waals surface area contributed by atoms with Crippen molar-refractivity contribution in [3.63, 3.8) is 0 Å². The van der Waals surface area contributed by atoms with Crippen molar-refractivity contribution in [1.29, 1.82) is 0 Å². The van der Waals surface area contributed by atoms with E-state index in [1.807, 2.05) is 0 Å². The first-order valence-electron chi connectivity index (χ1n) is 12.0. The molecule has 9 nitrogen and oxygen atoms in total. The number of amides is 1. The summed E-state index contributed by atoms with van der Waals surface area (Å²) in [5.41, 5.74) is 0.632. The highest BCUT2D eigenvalue weighted by Crippen LogP contribution is 2.41. The number of morpholine rings is 1. The average Bonchev–Trinajstić information content (AvgIpc) is 3.51. The van der Waals surface area contributed by atoms with Gasteiger partial charge in [-0.25, -0.2) is 0 Å². The number of carbonyl (C=O) groups excluding carboxylic acids is 2. The average molecular weight is 485 g/mol. The number of aliphatic hydroxyl groups excluding tert-OH is 1. The van der Waals surface area contributed by atoms with Gasteiger partial charge in [0.25, 0.3) is 5.91 Å². The largest absolute Gasteiger partial charge is 0.503 e. The topological polar surface area (TPSA) is 102 Å². The molecule has 9 heteroatoms. The number of hydrogen-bond acceptors (Lipinski definition) is 8. The number of unbranched alkanes of at least 4 members (excludes halogenated alkanes) is 1. The quantitative estimate of drug-likeness (QED) is 0.383. The Hall–Kier alpha value is -3.30. The summed E-state index contributed by atoms with van der Waals surface area (Å²) in [6.07, 6.45) is 3.30. The highest BCUT2D eigenvalue weighted by molar-refractivity contribution is 6.15. The highest BCUT2D eigenvalue weighted by atomic mass is 16.5. The minimum absolute atomic E-state index is 0.00590. The van der Waals surface area contributed by atoms with E-state index in [-0.39, 0.29) is 11.3 Å². The summed E-state index contributed by atoms with van der Waals surface area (Å²) >= 11 is 0. The van der Waals surface area contributed by atoms with Crippen LogP contribution >= 0.6 is 0 Å². The second-order valence-electron chi connectivity index (χ2n) is 8.54. The van der Waals surface area contributed by atoms with Crippen molar-refractivity contribution in [1.82, 2.24) is 9.80 Å². The number of ketones is 1. The Balaban J connectivity index is 1.67. The fourth-order valence-corrected chi connectivity index (χ4v) is 4.38. The van der Waals surface area contributed by atoms with Gasteiger partial charge in [0.15, 0.2) is 23.0 Å². The van der Waals surface area contributed by atoms with Crippen molar-refractivity contribution < 1.29 is 33.3 Å². The van der Waals surface area contributed by atoms with E-state index in [1.54, 1.807) is 31.4 Å². The number of methoxy groups -OCH3 is 1. The maximum atomic E-state index is 13.3. The first-order valence-corrected chi connectivity index (χ1v) is 12.0. The zero-order valence-corrected chi connectivity index (χ0v) is 20.2. The molecular weight excluding hydrogens is 452 g/mol. The van der Waals surface area contributed by atoms with Gasteiger partial charge >= 0.3 is 0 Å². The summed E-state index contributed by atoms with van der Waals surface area (Å²) in [5, 5.41) is 10.8. The van der Waals surface area contributed by atoms with Crippen molar-refractivity contribution in [3.05, 3.63) is 59.3 Å². The molecule has 0 bridgehead atoms. The molecule has 0 spiro atoms. The molecule has 1 amide bonds. The van der Waals surface area contributed by atoms with Crippen LogP contribution in [-0.2, 0) is 9.53 Å². The van der Waals surface area contributed by atoms with Crippen LogP contribution in [0.5, 0.6) is 11.5 Å². The number of rotatable bonds is 11. The summed E-state index contributed by atoms with van der Waals surface area (Å²) in [7, 11) is 1.55. The molecular formula is C26H32N2O7. The molecule has 0 aliphatic carbocycles. The maximum Gasteiger partial charge on any atom is 0.290 e. The van der Waals surface area contributed by atoms with Crippen LogP contribution < -0.4 is 9.47 Å². The minimum atomic E-state index is -0.792. The normalized spacial score (nSPS) is 18.9. The third-order valence-electron chi connectivity index (χ3n) is 6.31. The molecule has 0 radical (unpaired) electrons. The Morgan fingerprint density at radius 3 is 2.66 bits per heavy atom. The number of ether oxygens (including phenoxy) is 3. The third-order valence-corrected chi connectivity index (χ3v) is 6.31. The third kappa shape index (κ3) is 5.36. The van der Waals surface area contributed by atoms with Crippen LogP contribution in [0.4, 0.5) is 0 Å². The zero-order chi connectivity index (χ0) is 24.8. The van der Waals surface area contributed by atoms with E-state index in [1.165, 1.54) is 17.2 Å². The molecule has 35 heavy (non-hydrogen) atoms. The predicted octanol–water partition coefficient (Wildman–Crippen LogP) is 3.38. The number of nitrogens with zero attached hydrogens (tertiary/aromatic N) is 2. The molecule has 4 rings (SSSR count). The van der Waals surface area contributed by atoms with E-state index in [4.69, 9.17) is 18.6 Å². The van der Waals surface area contributed by atoms with Gasteiger partial charge in [0, 0.05) is 26.2 Å². The number of Topliss-reactive ketones (excluding diaryl/α,β-unsaturated/α-hetero) is 1. The molecule has 1 saturated heterocycles. The van der Waals surface area contributed by atoms with Crippen molar-refractivity contribution in [2.75, 3.05) is 53.1 Å². The van der Waals surface area contributed by atoms with E-state index in [9.17, 15) is 14.7 Å². The summed E-state index contributed by atoms with van der Waals surface area (Å²) in [6, 6.07) is 7.66. The standard InChI is InChI=1S/C26H32N2O7/c1-3-4-13-34-19-8-7-18(17-21(19)32-2)23-22(24(29)20-6-5-14-35-20)25(30)26(31)28(23)10-9-27-11-15-33-16-12-27/h5-8,14,17,23,30H,3-4,9-13,15-16H2,1-2H3/t23-/m1/s1. The van der Waals surface area contributed by atoms with Gasteiger partial charge in [-0.2, -0.15) is 0 Å². The highest BCUT2D eigenvalue weighted by Gasteiger charge is 2.44. The molecule has 3 heterocycles. The molecule has 1 aromatic heterocycles. The van der Waals surface area contributed by atoms with Crippen molar-refractivity contribution in [2.24, 2.45) is 0 Å².